The summed E-state index contributed by atoms with van der Waals surface area (Å²) in [5.41, 5.74) is 7.72. The number of carbonyl (C=O) groups excluding carboxylic acids is 1. The van der Waals surface area contributed by atoms with Crippen LogP contribution in [0.15, 0.2) is 24.3 Å². The minimum absolute atomic E-state index is 0. The maximum atomic E-state index is 11.7. The lowest BCUT2D eigenvalue weighted by Gasteiger charge is -2.19. The van der Waals surface area contributed by atoms with Crippen molar-refractivity contribution < 1.29 is 9.53 Å². The predicted molar refractivity (Wildman–Crippen MR) is 80.9 cm³/mol. The molecule has 108 valence electrons. The molecule has 0 aliphatic rings. The van der Waals surface area contributed by atoms with Gasteiger partial charge >= 0.3 is 0 Å². The number of ether oxygens (including phenoxy) is 1. The third-order valence-electron chi connectivity index (χ3n) is 2.70. The van der Waals surface area contributed by atoms with Crippen LogP contribution >= 0.6 is 12.4 Å². The normalized spacial score (nSPS) is 12.5. The lowest BCUT2D eigenvalue weighted by Crippen LogP contribution is -2.39. The molecule has 1 aromatic rings. The van der Waals surface area contributed by atoms with E-state index in [4.69, 9.17) is 10.5 Å². The maximum absolute atomic E-state index is 11.7. The summed E-state index contributed by atoms with van der Waals surface area (Å²) in [4.78, 5) is 11.7. The molecular weight excluding hydrogens is 264 g/mol. The highest BCUT2D eigenvalue weighted by molar-refractivity contribution is 5.94. The first-order chi connectivity index (χ1) is 8.34. The fourth-order valence-corrected chi connectivity index (χ4v) is 1.54. The average Bonchev–Trinajstić information content (AvgIpc) is 2.28. The summed E-state index contributed by atoms with van der Waals surface area (Å²) < 4.78 is 4.84. The van der Waals surface area contributed by atoms with Gasteiger partial charge in [-0.05, 0) is 23.1 Å². The van der Waals surface area contributed by atoms with Crippen molar-refractivity contribution in [3.8, 4) is 0 Å². The third kappa shape index (κ3) is 5.59. The van der Waals surface area contributed by atoms with E-state index in [1.54, 1.807) is 0 Å². The molecule has 1 atom stereocenters. The topological polar surface area (TPSA) is 64.3 Å². The Morgan fingerprint density at radius 1 is 1.32 bits per heavy atom. The molecule has 0 saturated heterocycles. The largest absolute Gasteiger partial charge is 0.383 e. The SMILES string of the molecule is COCC(N)C(=O)Nc1ccc(C(C)(C)C)cc1.Cl. The fourth-order valence-electron chi connectivity index (χ4n) is 1.54. The molecule has 1 aromatic carbocycles. The predicted octanol–water partition coefficient (Wildman–Crippen LogP) is 2.32. The second-order valence-electron chi connectivity index (χ2n) is 5.38. The van der Waals surface area contributed by atoms with E-state index in [-0.39, 0.29) is 30.3 Å². The number of methoxy groups -OCH3 is 1. The summed E-state index contributed by atoms with van der Waals surface area (Å²) >= 11 is 0. The second-order valence-corrected chi connectivity index (χ2v) is 5.38. The standard InChI is InChI=1S/C14H22N2O2.ClH/c1-14(2,3)10-5-7-11(8-6-10)16-13(17)12(15)9-18-4;/h5-8,12H,9,15H2,1-4H3,(H,16,17);1H. The van der Waals surface area contributed by atoms with E-state index in [2.05, 4.69) is 26.1 Å². The van der Waals surface area contributed by atoms with E-state index >= 15 is 0 Å². The minimum Gasteiger partial charge on any atom is -0.383 e. The Bertz CT molecular complexity index is 399. The van der Waals surface area contributed by atoms with Crippen LogP contribution in [0.25, 0.3) is 0 Å². The van der Waals surface area contributed by atoms with E-state index in [1.807, 2.05) is 24.3 Å². The molecule has 0 fully saturated rings. The molecule has 0 aliphatic carbocycles. The molecule has 0 bridgehead atoms. The van der Waals surface area contributed by atoms with Crippen LogP contribution in [0.5, 0.6) is 0 Å². The molecule has 0 saturated carbocycles. The summed E-state index contributed by atoms with van der Waals surface area (Å²) in [6, 6.07) is 7.16. The lowest BCUT2D eigenvalue weighted by atomic mass is 9.87. The molecule has 5 heteroatoms. The molecule has 0 spiro atoms. The fraction of sp³-hybridized carbons (Fsp3) is 0.500. The number of rotatable bonds is 4. The summed E-state index contributed by atoms with van der Waals surface area (Å²) in [5.74, 6) is -0.236. The van der Waals surface area contributed by atoms with E-state index in [1.165, 1.54) is 12.7 Å². The molecule has 1 rings (SSSR count). The minimum atomic E-state index is -0.641. The number of anilines is 1. The molecule has 0 radical (unpaired) electrons. The van der Waals surface area contributed by atoms with Crippen molar-refractivity contribution >= 4 is 24.0 Å². The molecule has 0 aliphatic heterocycles. The van der Waals surface area contributed by atoms with E-state index in [0.717, 1.165) is 5.69 Å². The summed E-state index contributed by atoms with van der Waals surface area (Å²) in [6.07, 6.45) is 0. The quantitative estimate of drug-likeness (QED) is 0.893. The van der Waals surface area contributed by atoms with Crippen molar-refractivity contribution in [1.29, 1.82) is 0 Å². The van der Waals surface area contributed by atoms with Crippen molar-refractivity contribution in [2.75, 3.05) is 19.0 Å². The van der Waals surface area contributed by atoms with Crippen molar-refractivity contribution in [3.63, 3.8) is 0 Å². The highest BCUT2D eigenvalue weighted by Gasteiger charge is 2.15. The highest BCUT2D eigenvalue weighted by Crippen LogP contribution is 2.23. The number of halogens is 1. The van der Waals surface area contributed by atoms with Gasteiger partial charge < -0.3 is 15.8 Å². The Hall–Kier alpha value is -1.10. The van der Waals surface area contributed by atoms with Crippen LogP contribution in [0.1, 0.15) is 26.3 Å². The van der Waals surface area contributed by atoms with Crippen molar-refractivity contribution in [3.05, 3.63) is 29.8 Å². The Kier molecular flexibility index (Phi) is 7.05. The number of nitrogens with one attached hydrogen (secondary N) is 1. The van der Waals surface area contributed by atoms with Crippen LogP contribution in [-0.4, -0.2) is 25.7 Å². The van der Waals surface area contributed by atoms with Crippen LogP contribution in [0, 0.1) is 0 Å². The van der Waals surface area contributed by atoms with Crippen molar-refractivity contribution in [2.45, 2.75) is 32.2 Å². The monoisotopic (exact) mass is 286 g/mol. The van der Waals surface area contributed by atoms with Gasteiger partial charge in [-0.1, -0.05) is 32.9 Å². The zero-order chi connectivity index (χ0) is 13.8. The van der Waals surface area contributed by atoms with Gasteiger partial charge in [0, 0.05) is 12.8 Å². The first kappa shape index (κ1) is 17.9. The lowest BCUT2D eigenvalue weighted by molar-refractivity contribution is -0.118. The first-order valence-corrected chi connectivity index (χ1v) is 6.00. The van der Waals surface area contributed by atoms with Gasteiger partial charge in [0.25, 0.3) is 0 Å². The van der Waals surface area contributed by atoms with Gasteiger partial charge in [0.1, 0.15) is 6.04 Å². The Morgan fingerprint density at radius 2 is 1.84 bits per heavy atom. The van der Waals surface area contributed by atoms with Crippen molar-refractivity contribution in [1.82, 2.24) is 0 Å². The van der Waals surface area contributed by atoms with Gasteiger partial charge in [0.15, 0.2) is 0 Å². The molecule has 19 heavy (non-hydrogen) atoms. The van der Waals surface area contributed by atoms with E-state index in [0.29, 0.717) is 0 Å². The van der Waals surface area contributed by atoms with Gasteiger partial charge in [-0.15, -0.1) is 12.4 Å². The highest BCUT2D eigenvalue weighted by atomic mass is 35.5. The Balaban J connectivity index is 0.00000324. The third-order valence-corrected chi connectivity index (χ3v) is 2.70. The van der Waals surface area contributed by atoms with E-state index < -0.39 is 6.04 Å². The number of benzene rings is 1. The molecule has 3 N–H and O–H groups in total. The van der Waals surface area contributed by atoms with Crippen LogP contribution in [0.4, 0.5) is 5.69 Å². The van der Waals surface area contributed by atoms with Gasteiger partial charge in [-0.3, -0.25) is 4.79 Å². The van der Waals surface area contributed by atoms with Crippen LogP contribution in [-0.2, 0) is 14.9 Å². The van der Waals surface area contributed by atoms with Gasteiger partial charge in [-0.25, -0.2) is 0 Å². The molecule has 4 nitrogen and oxygen atoms in total. The van der Waals surface area contributed by atoms with Crippen molar-refractivity contribution in [2.24, 2.45) is 5.73 Å². The number of nitrogens with two attached hydrogens (primary N) is 1. The number of hydrogen-bond acceptors (Lipinski definition) is 3. The van der Waals surface area contributed by atoms with Crippen LogP contribution in [0.2, 0.25) is 0 Å². The Labute approximate surface area is 121 Å². The maximum Gasteiger partial charge on any atom is 0.243 e. The summed E-state index contributed by atoms with van der Waals surface area (Å²) in [6.45, 7) is 6.66. The van der Waals surface area contributed by atoms with Gasteiger partial charge in [0.05, 0.1) is 6.61 Å². The molecule has 1 unspecified atom stereocenters. The number of amides is 1. The number of carbonyl (C=O) groups is 1. The number of hydrogen-bond donors (Lipinski definition) is 2. The zero-order valence-electron chi connectivity index (χ0n) is 11.9. The summed E-state index contributed by atoms with van der Waals surface area (Å²) in [5, 5.41) is 2.76. The zero-order valence-corrected chi connectivity index (χ0v) is 12.7. The molecule has 0 heterocycles. The van der Waals surface area contributed by atoms with Crippen LogP contribution in [0.3, 0.4) is 0 Å². The second kappa shape index (κ2) is 7.48. The average molecular weight is 287 g/mol. The molecular formula is C14H23ClN2O2. The van der Waals surface area contributed by atoms with Crippen LogP contribution < -0.4 is 11.1 Å². The van der Waals surface area contributed by atoms with Gasteiger partial charge in [0.2, 0.25) is 5.91 Å². The first-order valence-electron chi connectivity index (χ1n) is 6.00. The molecule has 1 amide bonds. The van der Waals surface area contributed by atoms with E-state index in [9.17, 15) is 4.79 Å². The summed E-state index contributed by atoms with van der Waals surface area (Å²) in [7, 11) is 1.52. The van der Waals surface area contributed by atoms with Gasteiger partial charge in [-0.2, -0.15) is 0 Å². The molecule has 0 aromatic heterocycles. The Morgan fingerprint density at radius 3 is 2.26 bits per heavy atom. The smallest absolute Gasteiger partial charge is 0.243 e.